The summed E-state index contributed by atoms with van der Waals surface area (Å²) in [5, 5.41) is 26.4. The average molecular weight is 1120 g/mol. The van der Waals surface area contributed by atoms with E-state index in [9.17, 15) is 42.3 Å². The van der Waals surface area contributed by atoms with E-state index in [4.69, 9.17) is 38.4 Å². The number of carbonyl (C=O) groups excluding carboxylic acids is 6. The Balaban J connectivity index is 1.28. The molecule has 6 rings (SSSR count). The second kappa shape index (κ2) is 27.2. The van der Waals surface area contributed by atoms with Crippen LogP contribution in [0.5, 0.6) is 11.5 Å². The van der Waals surface area contributed by atoms with Crippen molar-refractivity contribution in [1.29, 1.82) is 0 Å². The van der Waals surface area contributed by atoms with Gasteiger partial charge in [0, 0.05) is 54.7 Å². The number of fused-ring (bicyclic) bond motifs is 1. The van der Waals surface area contributed by atoms with Crippen LogP contribution in [0.1, 0.15) is 66.0 Å². The van der Waals surface area contributed by atoms with E-state index in [0.29, 0.717) is 61.3 Å². The van der Waals surface area contributed by atoms with Crippen molar-refractivity contribution in [3.05, 3.63) is 134 Å². The summed E-state index contributed by atoms with van der Waals surface area (Å²) < 4.78 is 40.8. The van der Waals surface area contributed by atoms with Gasteiger partial charge in [-0.1, -0.05) is 77.8 Å². The SMILES string of the molecule is COc1cc(C)c(S(=O)(=O)NC(N)=NCCC[C@@H]2NC(=O)[C@@H]3CCCN3C(=O)[C@@H](NC(C)=O)CNC(=O)/C=C/[C@H](Cc3ccc(OCc4c(Cl)cccc4Cl)cc3)NC(=O)[C@@H](Cc3ccccc3)NC(=O)[C@H]2O)c(C)c1C. The highest BCUT2D eigenvalue weighted by Crippen LogP contribution is 2.31. The van der Waals surface area contributed by atoms with Gasteiger partial charge in [-0.05, 0) is 111 Å². The number of halogens is 2. The molecule has 23 heteroatoms. The number of rotatable bonds is 15. The summed E-state index contributed by atoms with van der Waals surface area (Å²) >= 11 is 12.7. The third-order valence-electron chi connectivity index (χ3n) is 13.2. The molecule has 2 aliphatic heterocycles. The molecular formula is C54H65Cl2N9O11S. The molecule has 0 radical (unpaired) electrons. The summed E-state index contributed by atoms with van der Waals surface area (Å²) in [5.74, 6) is -3.74. The summed E-state index contributed by atoms with van der Waals surface area (Å²) in [6.45, 7) is 5.93. The van der Waals surface area contributed by atoms with E-state index in [1.54, 1.807) is 99.6 Å². The Morgan fingerprint density at radius 3 is 2.25 bits per heavy atom. The van der Waals surface area contributed by atoms with E-state index >= 15 is 0 Å². The van der Waals surface area contributed by atoms with Crippen LogP contribution in [0.2, 0.25) is 10.0 Å². The molecule has 1 fully saturated rings. The Bertz CT molecular complexity index is 2960. The van der Waals surface area contributed by atoms with Crippen LogP contribution in [0, 0.1) is 20.8 Å². The molecule has 1 saturated heterocycles. The van der Waals surface area contributed by atoms with Gasteiger partial charge in [-0.3, -0.25) is 33.8 Å². The third-order valence-corrected chi connectivity index (χ3v) is 15.5. The molecule has 4 aromatic rings. The van der Waals surface area contributed by atoms with E-state index in [2.05, 4.69) is 36.3 Å². The quantitative estimate of drug-likeness (QED) is 0.0483. The predicted molar refractivity (Wildman–Crippen MR) is 291 cm³/mol. The Morgan fingerprint density at radius 2 is 1.57 bits per heavy atom. The molecule has 0 spiro atoms. The summed E-state index contributed by atoms with van der Waals surface area (Å²) in [7, 11) is -2.73. The number of sulfonamides is 1. The molecule has 2 aliphatic rings. The van der Waals surface area contributed by atoms with Crippen LogP contribution in [0.25, 0.3) is 0 Å². The molecule has 0 aliphatic carbocycles. The number of aliphatic imine (C=N–C) groups is 1. The fraction of sp³-hybridized carbons (Fsp3) is 0.389. The smallest absolute Gasteiger partial charge is 0.264 e. The number of nitrogens with zero attached hydrogens (tertiary/aromatic N) is 2. The van der Waals surface area contributed by atoms with Crippen molar-refractivity contribution in [3.63, 3.8) is 0 Å². The van der Waals surface area contributed by atoms with E-state index in [0.717, 1.165) is 0 Å². The Hall–Kier alpha value is -7.20. The van der Waals surface area contributed by atoms with E-state index < -0.39 is 87.7 Å². The van der Waals surface area contributed by atoms with Gasteiger partial charge in [-0.25, -0.2) is 13.1 Å². The van der Waals surface area contributed by atoms with Crippen molar-refractivity contribution in [2.75, 3.05) is 26.7 Å². The first-order valence-corrected chi connectivity index (χ1v) is 27.2. The number of hydrogen-bond acceptors (Lipinski definition) is 12. The van der Waals surface area contributed by atoms with Crippen LogP contribution in [0.3, 0.4) is 0 Å². The molecule has 412 valence electrons. The fourth-order valence-corrected chi connectivity index (χ4v) is 11.1. The molecule has 0 bridgehead atoms. The van der Waals surface area contributed by atoms with Gasteiger partial charge in [-0.2, -0.15) is 0 Å². The lowest BCUT2D eigenvalue weighted by molar-refractivity contribution is -0.142. The zero-order valence-electron chi connectivity index (χ0n) is 43.4. The van der Waals surface area contributed by atoms with Gasteiger partial charge < -0.3 is 51.8 Å². The summed E-state index contributed by atoms with van der Waals surface area (Å²) in [6.07, 6.45) is 1.24. The van der Waals surface area contributed by atoms with Crippen LogP contribution < -0.4 is 46.5 Å². The molecule has 0 unspecified atom stereocenters. The molecule has 2 heterocycles. The first-order chi connectivity index (χ1) is 36.6. The molecule has 0 saturated carbocycles. The van der Waals surface area contributed by atoms with Crippen molar-refractivity contribution in [3.8, 4) is 11.5 Å². The lowest BCUT2D eigenvalue weighted by Gasteiger charge is -2.31. The second-order valence-electron chi connectivity index (χ2n) is 18.8. The number of nitrogens with two attached hydrogens (primary N) is 1. The average Bonchev–Trinajstić information content (AvgIpc) is 3.90. The van der Waals surface area contributed by atoms with Gasteiger partial charge in [0.1, 0.15) is 36.2 Å². The van der Waals surface area contributed by atoms with Gasteiger partial charge in [0.25, 0.3) is 15.9 Å². The van der Waals surface area contributed by atoms with Crippen molar-refractivity contribution >= 4 is 74.6 Å². The number of amides is 6. The monoisotopic (exact) mass is 1120 g/mol. The summed E-state index contributed by atoms with van der Waals surface area (Å²) in [5.41, 5.74) is 9.57. The molecule has 20 nitrogen and oxygen atoms in total. The number of hydrogen-bond donors (Lipinski definition) is 8. The van der Waals surface area contributed by atoms with Gasteiger partial charge in [0.15, 0.2) is 6.10 Å². The van der Waals surface area contributed by atoms with Gasteiger partial charge >= 0.3 is 0 Å². The number of aryl methyl sites for hydroxylation is 1. The van der Waals surface area contributed by atoms with Crippen LogP contribution in [0.4, 0.5) is 0 Å². The minimum absolute atomic E-state index is 0.00583. The normalized spacial score (nSPS) is 21.5. The maximum Gasteiger partial charge on any atom is 0.264 e. The fourth-order valence-electron chi connectivity index (χ4n) is 9.13. The number of guanidine groups is 1. The number of methoxy groups -OCH3 is 1. The summed E-state index contributed by atoms with van der Waals surface area (Å²) in [4.78, 5) is 88.5. The lowest BCUT2D eigenvalue weighted by atomic mass is 10.0. The number of aliphatic hydroxyl groups is 1. The van der Waals surface area contributed by atoms with Gasteiger partial charge in [0.05, 0.1) is 24.1 Å². The number of carbonyl (C=O) groups is 6. The minimum Gasteiger partial charge on any atom is -0.496 e. The van der Waals surface area contributed by atoms with Crippen LogP contribution in [-0.4, -0.2) is 123 Å². The van der Waals surface area contributed by atoms with E-state index in [1.165, 1.54) is 31.1 Å². The molecule has 4 aromatic carbocycles. The highest BCUT2D eigenvalue weighted by molar-refractivity contribution is 7.90. The highest BCUT2D eigenvalue weighted by atomic mass is 35.5. The molecule has 77 heavy (non-hydrogen) atoms. The van der Waals surface area contributed by atoms with Gasteiger partial charge in [-0.15, -0.1) is 0 Å². The maximum absolute atomic E-state index is 14.5. The molecule has 9 N–H and O–H groups in total. The van der Waals surface area contributed by atoms with Crippen molar-refractivity contribution in [2.45, 2.75) is 114 Å². The van der Waals surface area contributed by atoms with Crippen LogP contribution in [0.15, 0.2) is 101 Å². The van der Waals surface area contributed by atoms with Crippen molar-refractivity contribution in [2.24, 2.45) is 10.7 Å². The second-order valence-corrected chi connectivity index (χ2v) is 21.2. The summed E-state index contributed by atoms with van der Waals surface area (Å²) in [6, 6.07) is 16.6. The maximum atomic E-state index is 14.5. The van der Waals surface area contributed by atoms with Gasteiger partial charge in [0.2, 0.25) is 35.5 Å². The van der Waals surface area contributed by atoms with Crippen molar-refractivity contribution in [1.82, 2.24) is 36.2 Å². The first kappa shape index (κ1) is 59.1. The standard InChI is InChI=1S/C54H65Cl2N9O11S/c1-31-26-46(75-5)32(2)33(3)49(31)77(73,74)64-54(57)58-24-10-16-42-48(68)52(71)63-43(28-35-12-7-6-8-13-35)50(69)61-37(27-36-18-21-38(22-19-36)76-30-39-40(55)14-9-15-41(39)56)20-23-47(67)59-29-44(60-34(4)66)53(72)65-25-11-17-45(65)51(70)62-42/h6-9,12-15,18-23,26,37,42-45,48,68H,10-11,16-17,24-25,27-30H2,1-5H3,(H,59,67)(H,60,66)(H,61,69)(H,62,70)(H,63,71)(H3,57,58,64)/b23-20+/t37-,42+,43-,44+,45+,48+/m1/s1. The number of nitrogens with one attached hydrogen (secondary N) is 6. The third kappa shape index (κ3) is 16.2. The van der Waals surface area contributed by atoms with Crippen molar-refractivity contribution < 1.29 is 51.8 Å². The number of aliphatic hydroxyl groups excluding tert-OH is 1. The Labute approximate surface area is 458 Å². The Kier molecular flexibility index (Phi) is 20.9. The zero-order valence-corrected chi connectivity index (χ0v) is 45.7. The molecule has 6 atom stereocenters. The van der Waals surface area contributed by atoms with E-state index in [-0.39, 0.29) is 63.2 Å². The topological polar surface area (TPSA) is 289 Å². The molecule has 0 aromatic heterocycles. The zero-order chi connectivity index (χ0) is 56.0. The van der Waals surface area contributed by atoms with E-state index in [1.807, 2.05) is 0 Å². The largest absolute Gasteiger partial charge is 0.496 e. The Morgan fingerprint density at radius 1 is 0.883 bits per heavy atom. The minimum atomic E-state index is -4.22. The highest BCUT2D eigenvalue weighted by Gasteiger charge is 2.40. The first-order valence-electron chi connectivity index (χ1n) is 24.9. The number of benzene rings is 4. The van der Waals surface area contributed by atoms with Crippen LogP contribution in [-0.2, 0) is 58.2 Å². The predicted octanol–water partition coefficient (Wildman–Crippen LogP) is 3.36. The van der Waals surface area contributed by atoms with Crippen LogP contribution >= 0.6 is 23.2 Å². The molecule has 6 amide bonds. The lowest BCUT2D eigenvalue weighted by Crippen LogP contribution is -2.59. The molecular weight excluding hydrogens is 1050 g/mol. The number of ether oxygens (including phenoxy) is 2.